The number of rotatable bonds is 4. The summed E-state index contributed by atoms with van der Waals surface area (Å²) in [6, 6.07) is 10.5. The Labute approximate surface area is 150 Å². The maximum Gasteiger partial charge on any atom is 0.230 e. The largest absolute Gasteiger partial charge is 0.495 e. The fraction of sp³-hybridized carbons (Fsp3) is 0.278. The molecule has 0 bridgehead atoms. The number of carbonyl (C=O) groups is 2. The lowest BCUT2D eigenvalue weighted by molar-refractivity contribution is -0.122. The van der Waals surface area contributed by atoms with Crippen molar-refractivity contribution in [1.29, 1.82) is 0 Å². The number of hydrogen-bond acceptors (Lipinski definition) is 4. The number of amides is 2. The van der Waals surface area contributed by atoms with Crippen molar-refractivity contribution in [3.8, 4) is 5.75 Å². The highest BCUT2D eigenvalue weighted by Gasteiger charge is 2.36. The van der Waals surface area contributed by atoms with Crippen molar-refractivity contribution >= 4 is 34.9 Å². The summed E-state index contributed by atoms with van der Waals surface area (Å²) < 4.78 is 5.30. The van der Waals surface area contributed by atoms with Crippen molar-refractivity contribution in [2.75, 3.05) is 23.9 Å². The van der Waals surface area contributed by atoms with E-state index in [-0.39, 0.29) is 24.8 Å². The summed E-state index contributed by atoms with van der Waals surface area (Å²) in [4.78, 5) is 30.7. The summed E-state index contributed by atoms with van der Waals surface area (Å²) in [6.07, 6.45) is 0.132. The first-order chi connectivity index (χ1) is 12.0. The average molecular weight is 360 g/mol. The Bertz CT molecular complexity index is 825. The van der Waals surface area contributed by atoms with Crippen LogP contribution in [0.1, 0.15) is 12.1 Å². The van der Waals surface area contributed by atoms with Crippen LogP contribution >= 0.6 is 11.6 Å². The van der Waals surface area contributed by atoms with Gasteiger partial charge in [0, 0.05) is 23.7 Å². The topological polar surface area (TPSA) is 71.5 Å². The number of pyridine rings is 1. The average Bonchev–Trinajstić information content (AvgIpc) is 2.96. The third kappa shape index (κ3) is 3.74. The molecule has 1 aliphatic rings. The maximum absolute atomic E-state index is 12.5. The Morgan fingerprint density at radius 1 is 1.36 bits per heavy atom. The van der Waals surface area contributed by atoms with Gasteiger partial charge in [0.25, 0.3) is 0 Å². The highest BCUT2D eigenvalue weighted by atomic mass is 35.5. The van der Waals surface area contributed by atoms with E-state index in [1.54, 1.807) is 29.2 Å². The van der Waals surface area contributed by atoms with Crippen molar-refractivity contribution in [1.82, 2.24) is 4.98 Å². The molecule has 0 aliphatic carbocycles. The monoisotopic (exact) mass is 359 g/mol. The van der Waals surface area contributed by atoms with Crippen LogP contribution in [0.3, 0.4) is 0 Å². The Balaban J connectivity index is 1.76. The van der Waals surface area contributed by atoms with E-state index in [9.17, 15) is 9.59 Å². The Morgan fingerprint density at radius 2 is 2.16 bits per heavy atom. The zero-order valence-electron chi connectivity index (χ0n) is 14.0. The molecule has 2 heterocycles. The number of nitrogens with zero attached hydrogens (tertiary/aromatic N) is 2. The summed E-state index contributed by atoms with van der Waals surface area (Å²) in [5.41, 5.74) is 1.38. The standard InChI is InChI=1S/C18H18ClN3O3/c1-11-4-3-5-16(20-11)21-18(24)12-8-17(23)22(10-12)14-9-13(19)6-7-15(14)25-2/h3-7,9,12H,8,10H2,1-2H3,(H,20,21,24). The first kappa shape index (κ1) is 17.2. The fourth-order valence-electron chi connectivity index (χ4n) is 2.83. The van der Waals surface area contributed by atoms with E-state index >= 15 is 0 Å². The van der Waals surface area contributed by atoms with E-state index in [4.69, 9.17) is 16.3 Å². The number of hydrogen-bond donors (Lipinski definition) is 1. The van der Waals surface area contributed by atoms with Gasteiger partial charge in [-0.25, -0.2) is 4.98 Å². The molecule has 0 saturated carbocycles. The quantitative estimate of drug-likeness (QED) is 0.910. The minimum atomic E-state index is -0.460. The normalized spacial score (nSPS) is 16.8. The molecule has 3 rings (SSSR count). The van der Waals surface area contributed by atoms with Gasteiger partial charge in [-0.15, -0.1) is 0 Å². The van der Waals surface area contributed by atoms with Gasteiger partial charge in [0.05, 0.1) is 18.7 Å². The molecule has 1 aromatic heterocycles. The van der Waals surface area contributed by atoms with Crippen LogP contribution in [0, 0.1) is 12.8 Å². The Morgan fingerprint density at radius 3 is 2.88 bits per heavy atom. The third-order valence-corrected chi connectivity index (χ3v) is 4.30. The van der Waals surface area contributed by atoms with Crippen molar-refractivity contribution < 1.29 is 14.3 Å². The predicted molar refractivity (Wildman–Crippen MR) is 96.1 cm³/mol. The van der Waals surface area contributed by atoms with E-state index in [1.807, 2.05) is 19.1 Å². The third-order valence-electron chi connectivity index (χ3n) is 4.07. The minimum absolute atomic E-state index is 0.132. The molecule has 2 amide bonds. The number of ether oxygens (including phenoxy) is 1. The van der Waals surface area contributed by atoms with Crippen molar-refractivity contribution in [2.45, 2.75) is 13.3 Å². The van der Waals surface area contributed by atoms with Gasteiger partial charge in [-0.2, -0.15) is 0 Å². The van der Waals surface area contributed by atoms with Gasteiger partial charge >= 0.3 is 0 Å². The van der Waals surface area contributed by atoms with E-state index in [0.29, 0.717) is 22.3 Å². The van der Waals surface area contributed by atoms with Crippen molar-refractivity contribution in [3.05, 3.63) is 47.1 Å². The second-order valence-corrected chi connectivity index (χ2v) is 6.31. The molecule has 2 aromatic rings. The number of nitrogens with one attached hydrogen (secondary N) is 1. The molecule has 0 radical (unpaired) electrons. The lowest BCUT2D eigenvalue weighted by Gasteiger charge is -2.19. The zero-order valence-corrected chi connectivity index (χ0v) is 14.7. The van der Waals surface area contributed by atoms with Crippen LogP contribution in [0.5, 0.6) is 5.75 Å². The first-order valence-electron chi connectivity index (χ1n) is 7.86. The Kier molecular flexibility index (Phi) is 4.90. The van der Waals surface area contributed by atoms with Crippen molar-refractivity contribution in [2.24, 2.45) is 5.92 Å². The molecule has 1 fully saturated rings. The van der Waals surface area contributed by atoms with Gasteiger partial charge < -0.3 is 15.0 Å². The number of methoxy groups -OCH3 is 1. The van der Waals surface area contributed by atoms with Gasteiger partial charge in [-0.05, 0) is 37.3 Å². The molecule has 1 unspecified atom stereocenters. The number of aryl methyl sites for hydroxylation is 1. The van der Waals surface area contributed by atoms with Crippen LogP contribution in [0.25, 0.3) is 0 Å². The maximum atomic E-state index is 12.5. The van der Waals surface area contributed by atoms with E-state index < -0.39 is 5.92 Å². The molecular formula is C18H18ClN3O3. The van der Waals surface area contributed by atoms with Gasteiger partial charge in [-0.1, -0.05) is 17.7 Å². The molecule has 1 atom stereocenters. The van der Waals surface area contributed by atoms with Gasteiger partial charge in [0.1, 0.15) is 11.6 Å². The van der Waals surface area contributed by atoms with Crippen LogP contribution in [0.2, 0.25) is 5.02 Å². The molecule has 130 valence electrons. The van der Waals surface area contributed by atoms with Gasteiger partial charge in [0.15, 0.2) is 0 Å². The first-order valence-corrected chi connectivity index (χ1v) is 8.24. The van der Waals surface area contributed by atoms with Crippen molar-refractivity contribution in [3.63, 3.8) is 0 Å². The molecular weight excluding hydrogens is 342 g/mol. The van der Waals surface area contributed by atoms with Crippen LogP contribution < -0.4 is 15.0 Å². The van der Waals surface area contributed by atoms with Crippen LogP contribution in [-0.4, -0.2) is 30.5 Å². The molecule has 6 nitrogen and oxygen atoms in total. The molecule has 1 N–H and O–H groups in total. The van der Waals surface area contributed by atoms with Gasteiger partial charge in [-0.3, -0.25) is 9.59 Å². The second-order valence-electron chi connectivity index (χ2n) is 5.88. The zero-order chi connectivity index (χ0) is 18.0. The van der Waals surface area contributed by atoms with Crippen LogP contribution in [-0.2, 0) is 9.59 Å². The van der Waals surface area contributed by atoms with E-state index in [2.05, 4.69) is 10.3 Å². The highest BCUT2D eigenvalue weighted by molar-refractivity contribution is 6.31. The molecule has 1 aromatic carbocycles. The Hall–Kier alpha value is -2.60. The SMILES string of the molecule is COc1ccc(Cl)cc1N1CC(C(=O)Nc2cccc(C)n2)CC1=O. The predicted octanol–water partition coefficient (Wildman–Crippen LogP) is 3.04. The summed E-state index contributed by atoms with van der Waals surface area (Å²) in [5.74, 6) is 0.196. The van der Waals surface area contributed by atoms with E-state index in [1.165, 1.54) is 7.11 Å². The van der Waals surface area contributed by atoms with Gasteiger partial charge in [0.2, 0.25) is 11.8 Å². The molecule has 0 spiro atoms. The number of benzene rings is 1. The lowest BCUT2D eigenvalue weighted by Crippen LogP contribution is -2.28. The highest BCUT2D eigenvalue weighted by Crippen LogP contribution is 2.35. The summed E-state index contributed by atoms with van der Waals surface area (Å²) >= 11 is 6.04. The summed E-state index contributed by atoms with van der Waals surface area (Å²) in [6.45, 7) is 2.12. The number of anilines is 2. The van der Waals surface area contributed by atoms with Crippen LogP contribution in [0.4, 0.5) is 11.5 Å². The van der Waals surface area contributed by atoms with Crippen LogP contribution in [0.15, 0.2) is 36.4 Å². The molecule has 25 heavy (non-hydrogen) atoms. The number of halogens is 1. The molecule has 7 heteroatoms. The summed E-state index contributed by atoms with van der Waals surface area (Å²) in [5, 5.41) is 3.27. The second kappa shape index (κ2) is 7.11. The molecule has 1 aliphatic heterocycles. The fourth-order valence-corrected chi connectivity index (χ4v) is 3.00. The number of aromatic nitrogens is 1. The smallest absolute Gasteiger partial charge is 0.230 e. The van der Waals surface area contributed by atoms with E-state index in [0.717, 1.165) is 5.69 Å². The minimum Gasteiger partial charge on any atom is -0.495 e. The molecule has 1 saturated heterocycles. The summed E-state index contributed by atoms with van der Waals surface area (Å²) in [7, 11) is 1.53. The lowest BCUT2D eigenvalue weighted by atomic mass is 10.1. The number of carbonyl (C=O) groups excluding carboxylic acids is 2.